The van der Waals surface area contributed by atoms with Crippen LogP contribution in [0.15, 0.2) is 0 Å². The number of hydrogen-bond acceptors (Lipinski definition) is 4. The van der Waals surface area contributed by atoms with Gasteiger partial charge in [0, 0.05) is 6.26 Å². The predicted octanol–water partition coefficient (Wildman–Crippen LogP) is -1.40. The second kappa shape index (κ2) is 2.45. The average molecular weight is 158 g/mol. The van der Waals surface area contributed by atoms with E-state index in [1.807, 2.05) is 0 Å². The van der Waals surface area contributed by atoms with Crippen LogP contribution >= 0.6 is 0 Å². The van der Waals surface area contributed by atoms with Gasteiger partial charge < -0.3 is 0 Å². The van der Waals surface area contributed by atoms with E-state index in [2.05, 4.69) is 0 Å². The lowest BCUT2D eigenvalue weighted by atomic mass is 11.9. The highest BCUT2D eigenvalue weighted by Gasteiger charge is 2.00. The average Bonchev–Trinajstić information content (AvgIpc) is 1.21. The van der Waals surface area contributed by atoms with Crippen molar-refractivity contribution in [3.05, 3.63) is 0 Å². The van der Waals surface area contributed by atoms with Gasteiger partial charge in [-0.1, -0.05) is 0 Å². The van der Waals surface area contributed by atoms with Gasteiger partial charge in [0.25, 0.3) is 0 Å². The van der Waals surface area contributed by atoms with Gasteiger partial charge >= 0.3 is 0 Å². The van der Waals surface area contributed by atoms with Crippen LogP contribution in [0.4, 0.5) is 0 Å². The molecule has 0 saturated heterocycles. The Balaban J connectivity index is 4.16. The van der Waals surface area contributed by atoms with Crippen molar-refractivity contribution >= 4 is 20.5 Å². The van der Waals surface area contributed by atoms with Gasteiger partial charge in [-0.2, -0.15) is 0 Å². The molecule has 0 saturated carbocycles. The van der Waals surface area contributed by atoms with Crippen molar-refractivity contribution in [1.29, 1.82) is 0 Å². The van der Waals surface area contributed by atoms with Crippen LogP contribution in [0, 0.1) is 0 Å². The Morgan fingerprint density at radius 1 is 1.38 bits per heavy atom. The second-order valence-corrected chi connectivity index (χ2v) is 4.94. The van der Waals surface area contributed by atoms with Gasteiger partial charge in [-0.05, 0) is 0 Å². The Morgan fingerprint density at radius 3 is 1.75 bits per heavy atom. The van der Waals surface area contributed by atoms with Crippen molar-refractivity contribution in [2.24, 2.45) is 0 Å². The summed E-state index contributed by atoms with van der Waals surface area (Å²) in [6.07, 6.45) is 0.873. The van der Waals surface area contributed by atoms with Crippen LogP contribution in [0.1, 0.15) is 0 Å². The van der Waals surface area contributed by atoms with Crippen molar-refractivity contribution in [3.8, 4) is 0 Å². The third kappa shape index (κ3) is 5.90. The molecule has 0 bridgehead atoms. The normalized spacial score (nSPS) is 12.2. The Kier molecular flexibility index (Phi) is 2.42. The van der Waals surface area contributed by atoms with Crippen LogP contribution in [0.25, 0.3) is 0 Å². The van der Waals surface area contributed by atoms with E-state index in [9.17, 15) is 16.8 Å². The maximum Gasteiger partial charge on any atom is 0.161 e. The molecule has 0 heterocycles. The summed E-state index contributed by atoms with van der Waals surface area (Å²) in [5.41, 5.74) is 0. The fourth-order valence-corrected chi connectivity index (χ4v) is 1.72. The quantitative estimate of drug-likeness (QED) is 0.502. The minimum atomic E-state index is -3.32. The van der Waals surface area contributed by atoms with Gasteiger partial charge in [-0.25, -0.2) is 16.8 Å². The number of hydrogen-bond donors (Lipinski definition) is 1. The van der Waals surface area contributed by atoms with Crippen LogP contribution in [0.3, 0.4) is 0 Å². The number of thiol groups is 1. The molecular weight excluding hydrogens is 152 g/mol. The highest BCUT2D eigenvalue weighted by atomic mass is 32.3. The Hall–Kier alpha value is -0.100. The van der Waals surface area contributed by atoms with Crippen LogP contribution in [-0.4, -0.2) is 28.2 Å². The van der Waals surface area contributed by atoms with Gasteiger partial charge in [0.15, 0.2) is 20.5 Å². The fraction of sp³-hybridized carbons (Fsp3) is 1.00. The molecule has 0 aliphatic rings. The lowest BCUT2D eigenvalue weighted by Crippen LogP contribution is -2.03. The maximum absolute atomic E-state index is 10.1. The molecule has 0 rings (SSSR count). The summed E-state index contributed by atoms with van der Waals surface area (Å²) in [6.45, 7) is 0. The first-order valence-corrected chi connectivity index (χ1v) is 5.13. The minimum Gasteiger partial charge on any atom is -0.231 e. The summed E-state index contributed by atoms with van der Waals surface area (Å²) in [5.74, 6) is 0. The molecule has 8 heavy (non-hydrogen) atoms. The highest BCUT2D eigenvalue weighted by molar-refractivity contribution is 8.00. The van der Waals surface area contributed by atoms with Crippen molar-refractivity contribution in [2.75, 3.05) is 11.3 Å². The smallest absolute Gasteiger partial charge is 0.161 e. The topological polar surface area (TPSA) is 68.3 Å². The third-order valence-electron chi connectivity index (χ3n) is 0.340. The Bertz CT molecular complexity index is 212. The van der Waals surface area contributed by atoms with E-state index >= 15 is 0 Å². The zero-order chi connectivity index (χ0) is 6.78. The molecule has 0 spiro atoms. The van der Waals surface area contributed by atoms with Gasteiger partial charge in [0.1, 0.15) is 5.08 Å². The highest BCUT2D eigenvalue weighted by Crippen LogP contribution is 1.79. The van der Waals surface area contributed by atoms with Gasteiger partial charge in [0.05, 0.1) is 0 Å². The predicted molar refractivity (Wildman–Crippen MR) is 30.0 cm³/mol. The number of sulfone groups is 1. The number of rotatable bonds is 2. The zero-order valence-electron chi connectivity index (χ0n) is 4.20. The van der Waals surface area contributed by atoms with E-state index in [0.717, 1.165) is 6.26 Å². The molecule has 0 aliphatic carbocycles. The van der Waals surface area contributed by atoms with Gasteiger partial charge in [-0.15, -0.1) is 0 Å². The largest absolute Gasteiger partial charge is 0.231 e. The monoisotopic (exact) mass is 158 g/mol. The second-order valence-electron chi connectivity index (χ2n) is 1.39. The van der Waals surface area contributed by atoms with E-state index in [4.69, 9.17) is 0 Å². The first-order chi connectivity index (χ1) is 3.42. The summed E-state index contributed by atoms with van der Waals surface area (Å²) in [6, 6.07) is 0. The van der Waals surface area contributed by atoms with Crippen LogP contribution in [0.2, 0.25) is 0 Å². The molecule has 0 N–H and O–H groups in total. The summed E-state index contributed by atoms with van der Waals surface area (Å²) in [4.78, 5) is 0. The lowest BCUT2D eigenvalue weighted by molar-refractivity contribution is 0.600. The van der Waals surface area contributed by atoms with E-state index in [-0.39, 0.29) is 0 Å². The standard InChI is InChI=1S/C2H6O4S2/c1-8(5,6)2-7(3)4/h7H,2H2,1H3. The van der Waals surface area contributed by atoms with Crippen LogP contribution in [-0.2, 0) is 20.5 Å². The van der Waals surface area contributed by atoms with Crippen molar-refractivity contribution in [3.63, 3.8) is 0 Å². The molecule has 0 radical (unpaired) electrons. The molecule has 0 aliphatic heterocycles. The third-order valence-corrected chi connectivity index (χ3v) is 3.06. The molecule has 0 fully saturated rings. The molecule has 0 amide bonds. The molecule has 0 atom stereocenters. The van der Waals surface area contributed by atoms with Crippen LogP contribution < -0.4 is 0 Å². The van der Waals surface area contributed by atoms with Gasteiger partial charge in [-0.3, -0.25) is 0 Å². The van der Waals surface area contributed by atoms with Crippen molar-refractivity contribution < 1.29 is 16.8 Å². The van der Waals surface area contributed by atoms with E-state index in [1.165, 1.54) is 0 Å². The summed E-state index contributed by atoms with van der Waals surface area (Å²) in [5, 5.41) is -0.748. The first-order valence-electron chi connectivity index (χ1n) is 1.71. The van der Waals surface area contributed by atoms with Crippen molar-refractivity contribution in [2.45, 2.75) is 0 Å². The SMILES string of the molecule is CS(=O)(=O)C[SH](=O)=O. The molecule has 6 heteroatoms. The summed E-state index contributed by atoms with van der Waals surface area (Å²) in [7, 11) is -6.10. The Labute approximate surface area is 49.4 Å². The summed E-state index contributed by atoms with van der Waals surface area (Å²) < 4.78 is 39.5. The first kappa shape index (κ1) is 7.90. The Morgan fingerprint density at radius 2 is 1.75 bits per heavy atom. The molecule has 4 nitrogen and oxygen atoms in total. The van der Waals surface area contributed by atoms with E-state index < -0.39 is 25.6 Å². The molecule has 0 aromatic rings. The zero-order valence-corrected chi connectivity index (χ0v) is 5.91. The van der Waals surface area contributed by atoms with Crippen LogP contribution in [0.5, 0.6) is 0 Å². The molecule has 0 aromatic carbocycles. The van der Waals surface area contributed by atoms with E-state index in [1.54, 1.807) is 0 Å². The molecule has 0 unspecified atom stereocenters. The molecule has 0 aromatic heterocycles. The van der Waals surface area contributed by atoms with E-state index in [0.29, 0.717) is 0 Å². The van der Waals surface area contributed by atoms with Crippen molar-refractivity contribution in [1.82, 2.24) is 0 Å². The lowest BCUT2D eigenvalue weighted by Gasteiger charge is -1.82. The molecular formula is C2H6O4S2. The summed E-state index contributed by atoms with van der Waals surface area (Å²) >= 11 is 0. The van der Waals surface area contributed by atoms with Gasteiger partial charge in [0.2, 0.25) is 0 Å². The minimum absolute atomic E-state index is 0.748. The maximum atomic E-state index is 10.1. The molecule has 50 valence electrons. The fourth-order valence-electron chi connectivity index (χ4n) is 0.191.